The molecule has 0 spiro atoms. The number of terminal acetylenes is 1. The molecular formula is C15H15NO3. The van der Waals surface area contributed by atoms with Crippen molar-refractivity contribution in [2.45, 2.75) is 18.2 Å². The lowest BCUT2D eigenvalue weighted by molar-refractivity contribution is -0.168. The molecule has 4 heteroatoms. The Bertz CT molecular complexity index is 506. The summed E-state index contributed by atoms with van der Waals surface area (Å²) in [5.74, 6) is 2.62. The second-order valence-corrected chi connectivity index (χ2v) is 4.23. The number of likely N-dealkylation sites (tertiary alicyclic amines) is 1. The van der Waals surface area contributed by atoms with Gasteiger partial charge in [0.25, 0.3) is 5.91 Å². The van der Waals surface area contributed by atoms with E-state index in [1.54, 1.807) is 18.2 Å². The van der Waals surface area contributed by atoms with Crippen LogP contribution in [0.4, 0.5) is 0 Å². The predicted octanol–water partition coefficient (Wildman–Crippen LogP) is 0.825. The molecule has 1 aromatic rings. The summed E-state index contributed by atoms with van der Waals surface area (Å²) >= 11 is 0. The van der Waals surface area contributed by atoms with Crippen LogP contribution in [0.15, 0.2) is 43.0 Å². The molecule has 1 aliphatic rings. The van der Waals surface area contributed by atoms with Crippen molar-refractivity contribution in [3.63, 3.8) is 0 Å². The Labute approximate surface area is 112 Å². The highest BCUT2D eigenvalue weighted by Gasteiger charge is 2.51. The van der Waals surface area contributed by atoms with E-state index in [2.05, 4.69) is 12.5 Å². The minimum absolute atomic E-state index is 0.192. The standard InChI is InChI=1S/C15H15NO3/c1-3-10-16-13(12(17)4-2)14(15(16)18)19-11-8-6-5-7-9-11/h2-3,5-9,12-14,17H,1,10H2/t12?,13-,14+/m0/s1. The van der Waals surface area contributed by atoms with Gasteiger partial charge in [0.15, 0.2) is 0 Å². The molecule has 2 rings (SSSR count). The number of aliphatic hydroxyl groups is 1. The predicted molar refractivity (Wildman–Crippen MR) is 71.4 cm³/mol. The summed E-state index contributed by atoms with van der Waals surface area (Å²) in [4.78, 5) is 13.4. The number of benzene rings is 1. The van der Waals surface area contributed by atoms with Crippen LogP contribution >= 0.6 is 0 Å². The van der Waals surface area contributed by atoms with Gasteiger partial charge >= 0.3 is 0 Å². The van der Waals surface area contributed by atoms with E-state index in [1.165, 1.54) is 4.90 Å². The number of rotatable bonds is 5. The van der Waals surface area contributed by atoms with Crippen molar-refractivity contribution >= 4 is 5.91 Å². The van der Waals surface area contributed by atoms with Crippen LogP contribution in [0.1, 0.15) is 0 Å². The molecule has 19 heavy (non-hydrogen) atoms. The zero-order chi connectivity index (χ0) is 13.8. The molecule has 4 nitrogen and oxygen atoms in total. The van der Waals surface area contributed by atoms with Gasteiger partial charge in [0, 0.05) is 6.54 Å². The van der Waals surface area contributed by atoms with Crippen LogP contribution < -0.4 is 4.74 Å². The van der Waals surface area contributed by atoms with E-state index < -0.39 is 18.2 Å². The molecule has 0 bridgehead atoms. The molecule has 0 saturated carbocycles. The smallest absolute Gasteiger partial charge is 0.266 e. The number of aliphatic hydroxyl groups excluding tert-OH is 1. The lowest BCUT2D eigenvalue weighted by Gasteiger charge is -2.46. The van der Waals surface area contributed by atoms with Gasteiger partial charge in [-0.25, -0.2) is 0 Å². The van der Waals surface area contributed by atoms with E-state index in [1.807, 2.05) is 18.2 Å². The number of ether oxygens (including phenoxy) is 1. The maximum atomic E-state index is 12.0. The number of amides is 1. The van der Waals surface area contributed by atoms with E-state index >= 15 is 0 Å². The molecule has 0 aromatic heterocycles. The molecule has 1 amide bonds. The van der Waals surface area contributed by atoms with Crippen LogP contribution in [0.5, 0.6) is 5.75 Å². The molecule has 0 radical (unpaired) electrons. The second-order valence-electron chi connectivity index (χ2n) is 4.23. The van der Waals surface area contributed by atoms with Crippen LogP contribution in [0.3, 0.4) is 0 Å². The van der Waals surface area contributed by atoms with Crippen molar-refractivity contribution in [2.75, 3.05) is 6.54 Å². The zero-order valence-electron chi connectivity index (χ0n) is 10.4. The normalized spacial score (nSPS) is 23.2. The van der Waals surface area contributed by atoms with E-state index in [4.69, 9.17) is 11.2 Å². The van der Waals surface area contributed by atoms with Gasteiger partial charge in [0.2, 0.25) is 6.10 Å². The molecule has 1 unspecified atom stereocenters. The average molecular weight is 257 g/mol. The summed E-state index contributed by atoms with van der Waals surface area (Å²) in [6, 6.07) is 8.45. The Morgan fingerprint density at radius 2 is 2.21 bits per heavy atom. The molecule has 0 aliphatic carbocycles. The lowest BCUT2D eigenvalue weighted by atomic mass is 9.92. The van der Waals surface area contributed by atoms with Gasteiger partial charge in [0.1, 0.15) is 17.9 Å². The fourth-order valence-electron chi connectivity index (χ4n) is 2.09. The zero-order valence-corrected chi connectivity index (χ0v) is 10.4. The summed E-state index contributed by atoms with van der Waals surface area (Å²) < 4.78 is 5.59. The van der Waals surface area contributed by atoms with E-state index in [0.29, 0.717) is 12.3 Å². The van der Waals surface area contributed by atoms with Gasteiger partial charge < -0.3 is 14.7 Å². The first kappa shape index (κ1) is 13.2. The number of para-hydroxylation sites is 1. The van der Waals surface area contributed by atoms with Crippen LogP contribution in [0.2, 0.25) is 0 Å². The Kier molecular flexibility index (Phi) is 3.88. The number of carbonyl (C=O) groups excluding carboxylic acids is 1. The largest absolute Gasteiger partial charge is 0.478 e. The SMILES string of the molecule is C#CC(O)[C@H]1[C@@H](Oc2ccccc2)C(=O)N1CC=C. The molecule has 1 aliphatic heterocycles. The summed E-state index contributed by atoms with van der Waals surface area (Å²) in [6.07, 6.45) is 5.02. The number of carbonyl (C=O) groups is 1. The number of hydrogen-bond acceptors (Lipinski definition) is 3. The molecule has 98 valence electrons. The first-order chi connectivity index (χ1) is 9.19. The van der Waals surface area contributed by atoms with Crippen molar-refractivity contribution in [3.8, 4) is 18.1 Å². The average Bonchev–Trinajstić information content (AvgIpc) is 2.46. The third-order valence-electron chi connectivity index (χ3n) is 3.02. The summed E-state index contributed by atoms with van der Waals surface area (Å²) in [7, 11) is 0. The van der Waals surface area contributed by atoms with Crippen LogP contribution in [0, 0.1) is 12.3 Å². The number of hydrogen-bond donors (Lipinski definition) is 1. The van der Waals surface area contributed by atoms with E-state index in [-0.39, 0.29) is 5.91 Å². The fraction of sp³-hybridized carbons (Fsp3) is 0.267. The summed E-state index contributed by atoms with van der Waals surface area (Å²) in [6.45, 7) is 3.92. The maximum Gasteiger partial charge on any atom is 0.266 e. The molecular weight excluding hydrogens is 242 g/mol. The highest BCUT2D eigenvalue weighted by molar-refractivity contribution is 5.89. The van der Waals surface area contributed by atoms with E-state index in [0.717, 1.165) is 0 Å². The van der Waals surface area contributed by atoms with Gasteiger partial charge in [-0.3, -0.25) is 4.79 Å². The van der Waals surface area contributed by atoms with Gasteiger partial charge in [-0.1, -0.05) is 30.2 Å². The third kappa shape index (κ3) is 2.47. The minimum atomic E-state index is -1.05. The minimum Gasteiger partial charge on any atom is -0.478 e. The van der Waals surface area contributed by atoms with E-state index in [9.17, 15) is 9.90 Å². The first-order valence-electron chi connectivity index (χ1n) is 5.96. The van der Waals surface area contributed by atoms with Crippen molar-refractivity contribution in [1.29, 1.82) is 0 Å². The van der Waals surface area contributed by atoms with Crippen LogP contribution in [-0.2, 0) is 4.79 Å². The first-order valence-corrected chi connectivity index (χ1v) is 5.96. The molecule has 3 atom stereocenters. The monoisotopic (exact) mass is 257 g/mol. The van der Waals surface area contributed by atoms with Crippen LogP contribution in [-0.4, -0.2) is 40.7 Å². The highest BCUT2D eigenvalue weighted by atomic mass is 16.5. The summed E-state index contributed by atoms with van der Waals surface area (Å²) in [5, 5.41) is 9.80. The van der Waals surface area contributed by atoms with Crippen LogP contribution in [0.25, 0.3) is 0 Å². The van der Waals surface area contributed by atoms with Crippen molar-refractivity contribution in [2.24, 2.45) is 0 Å². The van der Waals surface area contributed by atoms with Gasteiger partial charge in [0.05, 0.1) is 0 Å². The van der Waals surface area contributed by atoms with Crippen molar-refractivity contribution in [1.82, 2.24) is 4.90 Å². The Morgan fingerprint density at radius 1 is 1.53 bits per heavy atom. The molecule has 1 N–H and O–H groups in total. The van der Waals surface area contributed by atoms with Crippen molar-refractivity contribution in [3.05, 3.63) is 43.0 Å². The van der Waals surface area contributed by atoms with Gasteiger partial charge in [-0.15, -0.1) is 13.0 Å². The quantitative estimate of drug-likeness (QED) is 0.483. The maximum absolute atomic E-state index is 12.0. The van der Waals surface area contributed by atoms with Crippen molar-refractivity contribution < 1.29 is 14.6 Å². The molecule has 1 heterocycles. The highest BCUT2D eigenvalue weighted by Crippen LogP contribution is 2.27. The molecule has 1 aromatic carbocycles. The topological polar surface area (TPSA) is 49.8 Å². The third-order valence-corrected chi connectivity index (χ3v) is 3.02. The number of nitrogens with zero attached hydrogens (tertiary/aromatic N) is 1. The molecule has 1 fully saturated rings. The Morgan fingerprint density at radius 3 is 2.79 bits per heavy atom. The van der Waals surface area contributed by atoms with Gasteiger partial charge in [-0.05, 0) is 12.1 Å². The Balaban J connectivity index is 2.13. The number of β-lactam (4-membered cyclic amide) rings is 1. The summed E-state index contributed by atoms with van der Waals surface area (Å²) in [5.41, 5.74) is 0. The second kappa shape index (κ2) is 5.59. The fourth-order valence-corrected chi connectivity index (χ4v) is 2.09. The molecule has 1 saturated heterocycles. The lowest BCUT2D eigenvalue weighted by Crippen LogP contribution is -2.70. The van der Waals surface area contributed by atoms with Gasteiger partial charge in [-0.2, -0.15) is 0 Å². The Hall–Kier alpha value is -2.25.